The van der Waals surface area contributed by atoms with Crippen LogP contribution in [0.15, 0.2) is 53.9 Å². The second-order valence-corrected chi connectivity index (χ2v) is 9.10. The van der Waals surface area contributed by atoms with Crippen LogP contribution < -0.4 is 15.4 Å². The standard InChI is InChI=1S/C26H28N4O5S/c1-3-35-26(33)29-25(32)30-13-11-18(12-14-30)24-28-22(16-36-24)23(31)27-21-15-19(34-2)9-10-20(21)17-7-5-4-6-8-17/h4-10,15-16,18H,3,11-14H2,1-2H3,(H,27,31)(H,29,32,33). The summed E-state index contributed by atoms with van der Waals surface area (Å²) >= 11 is 1.44. The van der Waals surface area contributed by atoms with Gasteiger partial charge in [0.15, 0.2) is 0 Å². The Bertz CT molecular complexity index is 1220. The lowest BCUT2D eigenvalue weighted by atomic mass is 9.98. The molecule has 2 aromatic carbocycles. The number of hydrogen-bond acceptors (Lipinski definition) is 7. The summed E-state index contributed by atoms with van der Waals surface area (Å²) < 4.78 is 10.1. The number of alkyl carbamates (subject to hydrolysis) is 1. The lowest BCUT2D eigenvalue weighted by Gasteiger charge is -2.30. The average Bonchev–Trinajstić information content (AvgIpc) is 3.40. The van der Waals surface area contributed by atoms with Crippen LogP contribution in [0.25, 0.3) is 11.1 Å². The summed E-state index contributed by atoms with van der Waals surface area (Å²) in [6, 6.07) is 14.9. The Morgan fingerprint density at radius 3 is 2.56 bits per heavy atom. The average molecular weight is 509 g/mol. The predicted octanol–water partition coefficient (Wildman–Crippen LogP) is 5.12. The minimum Gasteiger partial charge on any atom is -0.497 e. The number of aromatic nitrogens is 1. The summed E-state index contributed by atoms with van der Waals surface area (Å²) in [5.41, 5.74) is 2.85. The van der Waals surface area contributed by atoms with Gasteiger partial charge in [0.1, 0.15) is 11.4 Å². The van der Waals surface area contributed by atoms with Crippen molar-refractivity contribution in [1.82, 2.24) is 15.2 Å². The molecule has 188 valence electrons. The first-order chi connectivity index (χ1) is 17.5. The molecule has 0 unspecified atom stereocenters. The summed E-state index contributed by atoms with van der Waals surface area (Å²) in [5, 5.41) is 7.83. The molecule has 36 heavy (non-hydrogen) atoms. The molecule has 1 aromatic heterocycles. The van der Waals surface area contributed by atoms with E-state index in [2.05, 4.69) is 15.6 Å². The molecule has 0 aliphatic carbocycles. The van der Waals surface area contributed by atoms with Gasteiger partial charge in [0.05, 0.1) is 24.4 Å². The molecule has 2 N–H and O–H groups in total. The van der Waals surface area contributed by atoms with E-state index < -0.39 is 12.1 Å². The van der Waals surface area contributed by atoms with Gasteiger partial charge in [0.2, 0.25) is 0 Å². The predicted molar refractivity (Wildman–Crippen MR) is 138 cm³/mol. The lowest BCUT2D eigenvalue weighted by Crippen LogP contribution is -2.46. The Hall–Kier alpha value is -3.92. The zero-order valence-corrected chi connectivity index (χ0v) is 21.0. The topological polar surface area (TPSA) is 110 Å². The maximum atomic E-state index is 13.1. The van der Waals surface area contributed by atoms with Crippen LogP contribution in [0.2, 0.25) is 0 Å². The second kappa shape index (κ2) is 11.7. The Kier molecular flexibility index (Phi) is 8.17. The van der Waals surface area contributed by atoms with Crippen LogP contribution in [0.4, 0.5) is 15.3 Å². The lowest BCUT2D eigenvalue weighted by molar-refractivity contribution is 0.102. The van der Waals surface area contributed by atoms with Crippen LogP contribution >= 0.6 is 11.3 Å². The third-order valence-corrected chi connectivity index (χ3v) is 6.94. The number of nitrogens with zero attached hydrogens (tertiary/aromatic N) is 2. The van der Waals surface area contributed by atoms with Gasteiger partial charge in [-0.25, -0.2) is 19.9 Å². The number of hydrogen-bond donors (Lipinski definition) is 2. The number of rotatable bonds is 6. The number of benzene rings is 2. The zero-order chi connectivity index (χ0) is 25.5. The number of amides is 4. The van der Waals surface area contributed by atoms with Crippen molar-refractivity contribution in [3.05, 3.63) is 64.6 Å². The molecule has 1 saturated heterocycles. The van der Waals surface area contributed by atoms with Gasteiger partial charge in [-0.2, -0.15) is 0 Å². The summed E-state index contributed by atoms with van der Waals surface area (Å²) in [6.45, 7) is 2.85. The van der Waals surface area contributed by atoms with Crippen molar-refractivity contribution in [2.24, 2.45) is 0 Å². The fourth-order valence-electron chi connectivity index (χ4n) is 4.05. The molecule has 1 aliphatic heterocycles. The number of thiazole rings is 1. The first-order valence-corrected chi connectivity index (χ1v) is 12.6. The third kappa shape index (κ3) is 6.01. The molecule has 0 radical (unpaired) electrons. The van der Waals surface area contributed by atoms with Crippen LogP contribution in [0.3, 0.4) is 0 Å². The molecule has 0 spiro atoms. The van der Waals surface area contributed by atoms with Crippen LogP contribution in [-0.4, -0.2) is 54.7 Å². The van der Waals surface area contributed by atoms with Crippen molar-refractivity contribution in [2.45, 2.75) is 25.7 Å². The number of methoxy groups -OCH3 is 1. The summed E-state index contributed by atoms with van der Waals surface area (Å²) in [4.78, 5) is 43.0. The second-order valence-electron chi connectivity index (χ2n) is 8.21. The Morgan fingerprint density at radius 1 is 1.11 bits per heavy atom. The molecule has 4 amide bonds. The number of urea groups is 1. The third-order valence-electron chi connectivity index (χ3n) is 5.93. The normalized spacial score (nSPS) is 13.7. The van der Waals surface area contributed by atoms with Gasteiger partial charge in [0, 0.05) is 36.0 Å². The van der Waals surface area contributed by atoms with Crippen molar-refractivity contribution >= 4 is 35.1 Å². The first kappa shape index (κ1) is 25.2. The van der Waals surface area contributed by atoms with Gasteiger partial charge in [-0.15, -0.1) is 11.3 Å². The number of piperidine rings is 1. The molecule has 0 bridgehead atoms. The van der Waals surface area contributed by atoms with E-state index in [1.807, 2.05) is 42.5 Å². The van der Waals surface area contributed by atoms with Crippen LogP contribution in [0.1, 0.15) is 41.2 Å². The van der Waals surface area contributed by atoms with E-state index >= 15 is 0 Å². The van der Waals surface area contributed by atoms with Crippen LogP contribution in [-0.2, 0) is 4.74 Å². The molecule has 1 aliphatic rings. The van der Waals surface area contributed by atoms with Gasteiger partial charge in [-0.1, -0.05) is 30.3 Å². The highest BCUT2D eigenvalue weighted by atomic mass is 32.1. The van der Waals surface area contributed by atoms with Crippen molar-refractivity contribution in [3.63, 3.8) is 0 Å². The molecule has 4 rings (SSSR count). The number of imide groups is 1. The molecule has 10 heteroatoms. The summed E-state index contributed by atoms with van der Waals surface area (Å²) in [7, 11) is 1.58. The molecule has 2 heterocycles. The summed E-state index contributed by atoms with van der Waals surface area (Å²) in [6.07, 6.45) is 0.643. The van der Waals surface area contributed by atoms with E-state index in [0.717, 1.165) is 16.1 Å². The van der Waals surface area contributed by atoms with E-state index in [9.17, 15) is 14.4 Å². The molecule has 0 atom stereocenters. The van der Waals surface area contributed by atoms with E-state index in [1.54, 1.807) is 30.4 Å². The van der Waals surface area contributed by atoms with Crippen molar-refractivity contribution in [2.75, 3.05) is 32.1 Å². The van der Waals surface area contributed by atoms with Gasteiger partial charge < -0.3 is 19.7 Å². The molecule has 0 saturated carbocycles. The highest BCUT2D eigenvalue weighted by molar-refractivity contribution is 7.10. The maximum absolute atomic E-state index is 13.1. The quantitative estimate of drug-likeness (QED) is 0.478. The maximum Gasteiger partial charge on any atom is 0.415 e. The van der Waals surface area contributed by atoms with E-state index in [4.69, 9.17) is 9.47 Å². The van der Waals surface area contributed by atoms with Gasteiger partial charge in [-0.3, -0.25) is 4.79 Å². The van der Waals surface area contributed by atoms with Gasteiger partial charge >= 0.3 is 12.1 Å². The fourth-order valence-corrected chi connectivity index (χ4v) is 5.02. The van der Waals surface area contributed by atoms with E-state index in [1.165, 1.54) is 11.3 Å². The van der Waals surface area contributed by atoms with E-state index in [-0.39, 0.29) is 18.4 Å². The van der Waals surface area contributed by atoms with Gasteiger partial charge in [-0.05, 0) is 37.5 Å². The van der Waals surface area contributed by atoms with Crippen LogP contribution in [0.5, 0.6) is 5.75 Å². The Labute approximate surface area is 213 Å². The Morgan fingerprint density at radius 2 is 1.86 bits per heavy atom. The summed E-state index contributed by atoms with van der Waals surface area (Å²) in [5.74, 6) is 0.483. The van der Waals surface area contributed by atoms with Gasteiger partial charge in [0.25, 0.3) is 5.91 Å². The zero-order valence-electron chi connectivity index (χ0n) is 20.2. The minimum atomic E-state index is -0.744. The molecular formula is C26H28N4O5S. The highest BCUT2D eigenvalue weighted by Gasteiger charge is 2.27. The molecular weight excluding hydrogens is 480 g/mol. The van der Waals surface area contributed by atoms with Crippen molar-refractivity contribution in [1.29, 1.82) is 0 Å². The minimum absolute atomic E-state index is 0.139. The number of ether oxygens (including phenoxy) is 2. The number of likely N-dealkylation sites (tertiary alicyclic amines) is 1. The monoisotopic (exact) mass is 508 g/mol. The fraction of sp³-hybridized carbons (Fsp3) is 0.308. The number of carbonyl (C=O) groups excluding carboxylic acids is 3. The molecule has 3 aromatic rings. The Balaban J connectivity index is 1.40. The van der Waals surface area contributed by atoms with E-state index in [0.29, 0.717) is 43.1 Å². The molecule has 9 nitrogen and oxygen atoms in total. The van der Waals surface area contributed by atoms with Crippen molar-refractivity contribution in [3.8, 4) is 16.9 Å². The van der Waals surface area contributed by atoms with Crippen LogP contribution in [0, 0.1) is 0 Å². The first-order valence-electron chi connectivity index (χ1n) is 11.7. The number of carbonyl (C=O) groups is 3. The van der Waals surface area contributed by atoms with Crippen molar-refractivity contribution < 1.29 is 23.9 Å². The molecule has 1 fully saturated rings. The SMILES string of the molecule is CCOC(=O)NC(=O)N1CCC(c2nc(C(=O)Nc3cc(OC)ccc3-c3ccccc3)cs2)CC1. The highest BCUT2D eigenvalue weighted by Crippen LogP contribution is 2.33. The number of nitrogens with one attached hydrogen (secondary N) is 2. The largest absolute Gasteiger partial charge is 0.497 e. The smallest absolute Gasteiger partial charge is 0.415 e. The number of anilines is 1.